The first-order chi connectivity index (χ1) is 10.0. The molecular weight excluding hydrogens is 286 g/mol. The minimum absolute atomic E-state index is 0.225. The number of aromatic hydroxyl groups is 1. The second-order valence-corrected chi connectivity index (χ2v) is 5.69. The first-order valence-electron chi connectivity index (χ1n) is 6.99. The highest BCUT2D eigenvalue weighted by atomic mass is 35.5. The van der Waals surface area contributed by atoms with Crippen LogP contribution in [0.1, 0.15) is 24.2 Å². The molecule has 2 unspecified atom stereocenters. The van der Waals surface area contributed by atoms with E-state index in [2.05, 4.69) is 12.2 Å². The number of halogens is 1. The van der Waals surface area contributed by atoms with Gasteiger partial charge in [0.1, 0.15) is 5.75 Å². The molecular formula is C17H20ClNO2. The Labute approximate surface area is 130 Å². The molecule has 0 aliphatic rings. The third-order valence-electron chi connectivity index (χ3n) is 3.37. The zero-order valence-corrected chi connectivity index (χ0v) is 12.7. The van der Waals surface area contributed by atoms with Crippen molar-refractivity contribution in [2.45, 2.75) is 25.5 Å². The quantitative estimate of drug-likeness (QED) is 0.767. The Morgan fingerprint density at radius 2 is 1.86 bits per heavy atom. The Morgan fingerprint density at radius 3 is 2.52 bits per heavy atom. The van der Waals surface area contributed by atoms with Crippen LogP contribution in [0.2, 0.25) is 5.02 Å². The molecule has 2 aromatic carbocycles. The van der Waals surface area contributed by atoms with Crippen molar-refractivity contribution < 1.29 is 10.2 Å². The van der Waals surface area contributed by atoms with E-state index in [1.54, 1.807) is 24.3 Å². The first kappa shape index (κ1) is 15.8. The smallest absolute Gasteiger partial charge is 0.115 e. The summed E-state index contributed by atoms with van der Waals surface area (Å²) in [5.74, 6) is 0.274. The minimum atomic E-state index is -0.578. The maximum Gasteiger partial charge on any atom is 0.115 e. The Hall–Kier alpha value is -1.55. The molecule has 3 nitrogen and oxygen atoms in total. The van der Waals surface area contributed by atoms with Gasteiger partial charge in [0.2, 0.25) is 0 Å². The van der Waals surface area contributed by atoms with Crippen molar-refractivity contribution in [2.75, 3.05) is 6.54 Å². The van der Waals surface area contributed by atoms with Gasteiger partial charge in [-0.3, -0.25) is 0 Å². The number of benzene rings is 2. The summed E-state index contributed by atoms with van der Waals surface area (Å²) in [4.78, 5) is 0. The van der Waals surface area contributed by atoms with Crippen LogP contribution in [0.4, 0.5) is 0 Å². The Bertz CT molecular complexity index is 571. The van der Waals surface area contributed by atoms with Crippen LogP contribution in [0, 0.1) is 0 Å². The standard InChI is InChI=1S/C17H20ClNO2/c1-12(9-13-5-7-16(20)8-6-13)19-11-17(21)14-3-2-4-15(18)10-14/h2-8,10,12,17,19-21H,9,11H2,1H3. The molecule has 0 saturated carbocycles. The maximum atomic E-state index is 10.1. The van der Waals surface area contributed by atoms with Crippen molar-refractivity contribution >= 4 is 11.6 Å². The van der Waals surface area contributed by atoms with Crippen molar-refractivity contribution in [1.82, 2.24) is 5.32 Å². The Balaban J connectivity index is 1.83. The van der Waals surface area contributed by atoms with Gasteiger partial charge in [-0.1, -0.05) is 35.9 Å². The molecule has 2 aromatic rings. The summed E-state index contributed by atoms with van der Waals surface area (Å²) in [6.45, 7) is 2.54. The van der Waals surface area contributed by atoms with Crippen LogP contribution >= 0.6 is 11.6 Å². The fraction of sp³-hybridized carbons (Fsp3) is 0.294. The number of nitrogens with one attached hydrogen (secondary N) is 1. The zero-order chi connectivity index (χ0) is 15.2. The lowest BCUT2D eigenvalue weighted by Gasteiger charge is -2.17. The van der Waals surface area contributed by atoms with Gasteiger partial charge in [0.15, 0.2) is 0 Å². The molecule has 0 heterocycles. The van der Waals surface area contributed by atoms with E-state index in [0.717, 1.165) is 17.5 Å². The van der Waals surface area contributed by atoms with Crippen LogP contribution in [0.15, 0.2) is 48.5 Å². The molecule has 0 aliphatic heterocycles. The van der Waals surface area contributed by atoms with Gasteiger partial charge in [0.05, 0.1) is 6.10 Å². The normalized spacial score (nSPS) is 13.9. The average molecular weight is 306 g/mol. The molecule has 112 valence electrons. The van der Waals surface area contributed by atoms with Crippen molar-refractivity contribution in [3.63, 3.8) is 0 Å². The molecule has 2 atom stereocenters. The zero-order valence-electron chi connectivity index (χ0n) is 12.0. The molecule has 3 N–H and O–H groups in total. The summed E-state index contributed by atoms with van der Waals surface area (Å²) in [6.07, 6.45) is 0.258. The van der Waals surface area contributed by atoms with Crippen molar-refractivity contribution in [3.8, 4) is 5.75 Å². The van der Waals surface area contributed by atoms with Crippen LogP contribution in [0.5, 0.6) is 5.75 Å². The number of rotatable bonds is 6. The second-order valence-electron chi connectivity index (χ2n) is 5.25. The van der Waals surface area contributed by atoms with Crippen molar-refractivity contribution in [3.05, 3.63) is 64.7 Å². The van der Waals surface area contributed by atoms with E-state index in [9.17, 15) is 10.2 Å². The third kappa shape index (κ3) is 5.05. The van der Waals surface area contributed by atoms with Gasteiger partial charge in [-0.2, -0.15) is 0 Å². The van der Waals surface area contributed by atoms with E-state index < -0.39 is 6.10 Å². The lowest BCUT2D eigenvalue weighted by Crippen LogP contribution is -2.32. The summed E-state index contributed by atoms with van der Waals surface area (Å²) in [6, 6.07) is 14.7. The molecule has 0 amide bonds. The molecule has 0 saturated heterocycles. The van der Waals surface area contributed by atoms with Crippen LogP contribution < -0.4 is 5.32 Å². The number of aliphatic hydroxyl groups is 1. The highest BCUT2D eigenvalue weighted by molar-refractivity contribution is 6.30. The van der Waals surface area contributed by atoms with Gasteiger partial charge in [-0.05, 0) is 48.7 Å². The van der Waals surface area contributed by atoms with Gasteiger partial charge in [0, 0.05) is 17.6 Å². The average Bonchev–Trinajstić information content (AvgIpc) is 2.47. The summed E-state index contributed by atoms with van der Waals surface area (Å²) in [7, 11) is 0. The SMILES string of the molecule is CC(Cc1ccc(O)cc1)NCC(O)c1cccc(Cl)c1. The fourth-order valence-electron chi connectivity index (χ4n) is 2.20. The predicted octanol–water partition coefficient (Wildman–Crippen LogP) is 3.30. The molecule has 0 radical (unpaired) electrons. The third-order valence-corrected chi connectivity index (χ3v) is 3.61. The fourth-order valence-corrected chi connectivity index (χ4v) is 2.40. The lowest BCUT2D eigenvalue weighted by atomic mass is 10.1. The molecule has 0 aliphatic carbocycles. The van der Waals surface area contributed by atoms with Crippen LogP contribution in [0.25, 0.3) is 0 Å². The maximum absolute atomic E-state index is 10.1. The molecule has 4 heteroatoms. The molecule has 0 spiro atoms. The molecule has 0 aromatic heterocycles. The monoisotopic (exact) mass is 305 g/mol. The lowest BCUT2D eigenvalue weighted by molar-refractivity contribution is 0.170. The Kier molecular flexibility index (Phi) is 5.62. The van der Waals surface area contributed by atoms with E-state index in [-0.39, 0.29) is 11.8 Å². The number of hydrogen-bond acceptors (Lipinski definition) is 3. The highest BCUT2D eigenvalue weighted by Crippen LogP contribution is 2.17. The van der Waals surface area contributed by atoms with Crippen LogP contribution in [-0.4, -0.2) is 22.8 Å². The van der Waals surface area contributed by atoms with Gasteiger partial charge in [0.25, 0.3) is 0 Å². The molecule has 21 heavy (non-hydrogen) atoms. The van der Waals surface area contributed by atoms with E-state index in [0.29, 0.717) is 11.6 Å². The number of hydrogen-bond donors (Lipinski definition) is 3. The van der Waals surface area contributed by atoms with Crippen LogP contribution in [0.3, 0.4) is 0 Å². The minimum Gasteiger partial charge on any atom is -0.508 e. The van der Waals surface area contributed by atoms with Gasteiger partial charge < -0.3 is 15.5 Å². The second kappa shape index (κ2) is 7.46. The largest absolute Gasteiger partial charge is 0.508 e. The van der Waals surface area contributed by atoms with E-state index >= 15 is 0 Å². The van der Waals surface area contributed by atoms with Gasteiger partial charge >= 0.3 is 0 Å². The summed E-state index contributed by atoms with van der Waals surface area (Å²) in [5.41, 5.74) is 1.96. The van der Waals surface area contributed by atoms with E-state index in [1.165, 1.54) is 0 Å². The predicted molar refractivity (Wildman–Crippen MR) is 85.7 cm³/mol. The molecule has 2 rings (SSSR count). The molecule has 0 bridgehead atoms. The summed E-state index contributed by atoms with van der Waals surface area (Å²) >= 11 is 5.92. The van der Waals surface area contributed by atoms with E-state index in [1.807, 2.05) is 24.3 Å². The number of aliphatic hydroxyl groups excluding tert-OH is 1. The van der Waals surface area contributed by atoms with Crippen molar-refractivity contribution in [1.29, 1.82) is 0 Å². The van der Waals surface area contributed by atoms with Gasteiger partial charge in [-0.15, -0.1) is 0 Å². The summed E-state index contributed by atoms with van der Waals surface area (Å²) < 4.78 is 0. The highest BCUT2D eigenvalue weighted by Gasteiger charge is 2.10. The number of phenols is 1. The van der Waals surface area contributed by atoms with Crippen molar-refractivity contribution in [2.24, 2.45) is 0 Å². The first-order valence-corrected chi connectivity index (χ1v) is 7.37. The number of phenolic OH excluding ortho intramolecular Hbond substituents is 1. The molecule has 0 fully saturated rings. The van der Waals surface area contributed by atoms with Gasteiger partial charge in [-0.25, -0.2) is 0 Å². The topological polar surface area (TPSA) is 52.5 Å². The Morgan fingerprint density at radius 1 is 1.14 bits per heavy atom. The van der Waals surface area contributed by atoms with Crippen LogP contribution in [-0.2, 0) is 6.42 Å². The summed E-state index contributed by atoms with van der Waals surface area (Å²) in [5, 5.41) is 23.3. The van der Waals surface area contributed by atoms with E-state index in [4.69, 9.17) is 11.6 Å².